The Hall–Kier alpha value is -2.97. The van der Waals surface area contributed by atoms with Gasteiger partial charge in [0, 0.05) is 48.7 Å². The number of carbonyl (C=O) groups excluding carboxylic acids is 1. The van der Waals surface area contributed by atoms with Crippen LogP contribution in [0.3, 0.4) is 0 Å². The van der Waals surface area contributed by atoms with Crippen LogP contribution in [-0.2, 0) is 15.4 Å². The number of nitrogens with zero attached hydrogens (tertiary/aromatic N) is 3. The highest BCUT2D eigenvalue weighted by Crippen LogP contribution is 2.46. The number of carbonyl (C=O) groups is 1. The number of benzene rings is 2. The first-order valence-corrected chi connectivity index (χ1v) is 12.1. The molecule has 0 atom stereocenters. The number of hydrogen-bond acceptors (Lipinski definition) is 5. The van der Waals surface area contributed by atoms with Crippen molar-refractivity contribution in [2.24, 2.45) is 5.10 Å². The maximum atomic E-state index is 12.7. The first-order valence-electron chi connectivity index (χ1n) is 10.6. The van der Waals surface area contributed by atoms with Crippen molar-refractivity contribution < 1.29 is 13.2 Å². The third-order valence-electron chi connectivity index (χ3n) is 5.85. The maximum Gasteiger partial charge on any atom is 0.271 e. The van der Waals surface area contributed by atoms with E-state index in [-0.39, 0.29) is 15.9 Å². The minimum atomic E-state index is -3.64. The van der Waals surface area contributed by atoms with Crippen molar-refractivity contribution in [3.8, 4) is 0 Å². The number of hydrogen-bond donors (Lipinski definition) is 1. The predicted octanol–water partition coefficient (Wildman–Crippen LogP) is 3.74. The molecule has 1 aliphatic rings. The Balaban J connectivity index is 1.75. The highest BCUT2D eigenvalue weighted by Gasteiger charge is 2.37. The van der Waals surface area contributed by atoms with Crippen molar-refractivity contribution in [2.75, 3.05) is 25.0 Å². The van der Waals surface area contributed by atoms with Crippen LogP contribution in [0, 0.1) is 0 Å². The molecule has 2 aromatic carbocycles. The molecule has 32 heavy (non-hydrogen) atoms. The summed E-state index contributed by atoms with van der Waals surface area (Å²) in [4.78, 5) is 14.7. The Morgan fingerprint density at radius 1 is 1.12 bits per heavy atom. The number of para-hydroxylation sites is 1. The average Bonchev–Trinajstić information content (AvgIpc) is 2.97. The van der Waals surface area contributed by atoms with Gasteiger partial charge < -0.3 is 4.90 Å². The molecule has 0 spiro atoms. The van der Waals surface area contributed by atoms with Crippen molar-refractivity contribution in [3.05, 3.63) is 71.4 Å². The molecule has 0 aliphatic carbocycles. The fraction of sp³-hybridized carbons (Fsp3) is 0.333. The molecule has 0 aromatic heterocycles. The molecule has 0 saturated heterocycles. The van der Waals surface area contributed by atoms with E-state index in [9.17, 15) is 13.2 Å². The van der Waals surface area contributed by atoms with Gasteiger partial charge in [-0.25, -0.2) is 13.8 Å². The van der Waals surface area contributed by atoms with E-state index >= 15 is 0 Å². The predicted molar refractivity (Wildman–Crippen MR) is 128 cm³/mol. The van der Waals surface area contributed by atoms with Gasteiger partial charge in [-0.3, -0.25) is 4.79 Å². The Bertz CT molecular complexity index is 1170. The molecule has 1 heterocycles. The molecule has 0 fully saturated rings. The molecule has 7 nitrogen and oxygen atoms in total. The number of rotatable bonds is 7. The summed E-state index contributed by atoms with van der Waals surface area (Å²) in [5, 5.41) is 4.05. The van der Waals surface area contributed by atoms with Crippen molar-refractivity contribution in [2.45, 2.75) is 38.0 Å². The van der Waals surface area contributed by atoms with Gasteiger partial charge in [0.25, 0.3) is 5.91 Å². The quantitative estimate of drug-likeness (QED) is 0.510. The monoisotopic (exact) mass is 454 g/mol. The van der Waals surface area contributed by atoms with Gasteiger partial charge in [0.15, 0.2) is 0 Å². The summed E-state index contributed by atoms with van der Waals surface area (Å²) in [6, 6.07) is 14.2. The number of fused-ring (bicyclic) bond motifs is 1. The molecule has 1 aliphatic heterocycles. The smallest absolute Gasteiger partial charge is 0.271 e. The van der Waals surface area contributed by atoms with E-state index in [0.29, 0.717) is 13.1 Å². The Morgan fingerprint density at radius 3 is 2.47 bits per heavy atom. The first kappa shape index (κ1) is 23.7. The second kappa shape index (κ2) is 9.26. The normalized spacial score (nSPS) is 16.7. The molecule has 1 amide bonds. The van der Waals surface area contributed by atoms with Crippen molar-refractivity contribution in [1.82, 2.24) is 9.73 Å². The minimum Gasteiger partial charge on any atom is -0.347 e. The zero-order chi connectivity index (χ0) is 23.5. The van der Waals surface area contributed by atoms with Gasteiger partial charge in [-0.1, -0.05) is 52.0 Å². The van der Waals surface area contributed by atoms with E-state index in [4.69, 9.17) is 0 Å². The fourth-order valence-electron chi connectivity index (χ4n) is 4.08. The van der Waals surface area contributed by atoms with Crippen LogP contribution in [0.15, 0.2) is 70.3 Å². The summed E-state index contributed by atoms with van der Waals surface area (Å²) in [5.41, 5.74) is 5.96. The molecule has 2 aromatic rings. The lowest BCUT2D eigenvalue weighted by Crippen LogP contribution is -2.30. The number of anilines is 1. The number of nitrogens with one attached hydrogen (secondary N) is 1. The molecule has 8 heteroatoms. The van der Waals surface area contributed by atoms with Gasteiger partial charge in [0.2, 0.25) is 10.0 Å². The molecular weight excluding hydrogens is 424 g/mol. The van der Waals surface area contributed by atoms with E-state index in [1.165, 1.54) is 22.0 Å². The van der Waals surface area contributed by atoms with E-state index < -0.39 is 15.9 Å². The summed E-state index contributed by atoms with van der Waals surface area (Å²) < 4.78 is 26.8. The highest BCUT2D eigenvalue weighted by atomic mass is 32.2. The van der Waals surface area contributed by atoms with Crippen LogP contribution in [0.4, 0.5) is 5.69 Å². The van der Waals surface area contributed by atoms with Crippen LogP contribution in [0.25, 0.3) is 0 Å². The maximum absolute atomic E-state index is 12.7. The van der Waals surface area contributed by atoms with E-state index in [1.54, 1.807) is 32.2 Å². The lowest BCUT2D eigenvalue weighted by molar-refractivity contribution is 0.0955. The van der Waals surface area contributed by atoms with Crippen LogP contribution in [0.2, 0.25) is 0 Å². The number of amides is 1. The number of likely N-dealkylation sites (N-methyl/N-ethyl adjacent to an activating group) is 1. The van der Waals surface area contributed by atoms with Gasteiger partial charge in [0.1, 0.15) is 0 Å². The molecule has 0 bridgehead atoms. The zero-order valence-electron chi connectivity index (χ0n) is 19.2. The van der Waals surface area contributed by atoms with Crippen LogP contribution >= 0.6 is 0 Å². The van der Waals surface area contributed by atoms with Crippen molar-refractivity contribution in [1.29, 1.82) is 0 Å². The molecule has 0 unspecified atom stereocenters. The highest BCUT2D eigenvalue weighted by molar-refractivity contribution is 7.89. The van der Waals surface area contributed by atoms with Gasteiger partial charge in [0.05, 0.1) is 4.90 Å². The van der Waals surface area contributed by atoms with Gasteiger partial charge >= 0.3 is 0 Å². The van der Waals surface area contributed by atoms with Crippen LogP contribution in [0.1, 0.15) is 43.6 Å². The standard InChI is InChI=1S/C24H30N4O3S/c1-6-28(7-2)32(30,31)19-12-10-11-18(17-19)23(29)26-25-16-15-22-24(3,4)20-13-8-9-14-21(20)27(22)5/h8-17H,6-7H2,1-5H3,(H,26,29)/b22-15+,25-16-. The largest absolute Gasteiger partial charge is 0.347 e. The Labute approximate surface area is 190 Å². The second-order valence-corrected chi connectivity index (χ2v) is 10.0. The molecule has 3 rings (SSSR count). The third-order valence-corrected chi connectivity index (χ3v) is 7.90. The van der Waals surface area contributed by atoms with E-state index in [2.05, 4.69) is 41.4 Å². The Morgan fingerprint density at radius 2 is 1.81 bits per heavy atom. The summed E-state index contributed by atoms with van der Waals surface area (Å²) in [6.45, 7) is 8.58. The van der Waals surface area contributed by atoms with Gasteiger partial charge in [-0.15, -0.1) is 0 Å². The molecular formula is C24H30N4O3S. The second-order valence-electron chi connectivity index (χ2n) is 8.09. The third kappa shape index (κ3) is 4.33. The zero-order valence-corrected chi connectivity index (χ0v) is 20.0. The number of allylic oxidation sites excluding steroid dienone is 2. The summed E-state index contributed by atoms with van der Waals surface area (Å²) in [5.74, 6) is -0.474. The molecule has 1 N–H and O–H groups in total. The van der Waals surface area contributed by atoms with E-state index in [0.717, 1.165) is 11.4 Å². The van der Waals surface area contributed by atoms with Crippen LogP contribution in [-0.4, -0.2) is 45.0 Å². The lowest BCUT2D eigenvalue weighted by atomic mass is 9.84. The summed E-state index contributed by atoms with van der Waals surface area (Å²) in [7, 11) is -1.63. The van der Waals surface area contributed by atoms with Crippen LogP contribution in [0.5, 0.6) is 0 Å². The van der Waals surface area contributed by atoms with Crippen molar-refractivity contribution >= 4 is 27.8 Å². The van der Waals surface area contributed by atoms with Gasteiger partial charge in [-0.05, 0) is 35.9 Å². The van der Waals surface area contributed by atoms with Crippen molar-refractivity contribution in [3.63, 3.8) is 0 Å². The fourth-order valence-corrected chi connectivity index (χ4v) is 5.58. The number of hydrazone groups is 1. The lowest BCUT2D eigenvalue weighted by Gasteiger charge is -2.23. The van der Waals surface area contributed by atoms with Crippen LogP contribution < -0.4 is 10.3 Å². The number of sulfonamides is 1. The molecule has 0 saturated carbocycles. The minimum absolute atomic E-state index is 0.0899. The SMILES string of the molecule is CCN(CC)S(=O)(=O)c1cccc(C(=O)N/N=C\C=C2\N(C)c3ccccc3C2(C)C)c1. The average molecular weight is 455 g/mol. The van der Waals surface area contributed by atoms with E-state index in [1.807, 2.05) is 25.3 Å². The van der Waals surface area contributed by atoms with Gasteiger partial charge in [-0.2, -0.15) is 9.41 Å². The summed E-state index contributed by atoms with van der Waals surface area (Å²) in [6.07, 6.45) is 3.43. The first-order chi connectivity index (χ1) is 15.1. The molecule has 170 valence electrons. The summed E-state index contributed by atoms with van der Waals surface area (Å²) >= 11 is 0. The molecule has 0 radical (unpaired) electrons. The topological polar surface area (TPSA) is 82.1 Å². The Kier molecular flexibility index (Phi) is 6.85.